The van der Waals surface area contributed by atoms with Crippen molar-refractivity contribution in [3.8, 4) is 0 Å². The van der Waals surface area contributed by atoms with E-state index >= 15 is 0 Å². The molecule has 30 heavy (non-hydrogen) atoms. The van der Waals surface area contributed by atoms with Crippen molar-refractivity contribution >= 4 is 0 Å². The van der Waals surface area contributed by atoms with Crippen molar-refractivity contribution in [2.75, 3.05) is 0 Å². The summed E-state index contributed by atoms with van der Waals surface area (Å²) in [5, 5.41) is 10.5. The molecule has 1 nitrogen and oxygen atoms in total. The SMILES string of the molecule is CC(=CC[C@@H](C)[C@H]1CC[C@H]2C3=CCC4C(C)C(O)CC[C@]4(C)[C@H]3CC[C@]12C)C(C)C. The third-order valence-corrected chi connectivity index (χ3v) is 11.1. The molecule has 0 aromatic heterocycles. The summed E-state index contributed by atoms with van der Waals surface area (Å²) >= 11 is 0. The van der Waals surface area contributed by atoms with Gasteiger partial charge in [-0.1, -0.05) is 64.8 Å². The Hall–Kier alpha value is -0.560. The minimum absolute atomic E-state index is 0.0778. The van der Waals surface area contributed by atoms with Gasteiger partial charge in [0.1, 0.15) is 0 Å². The van der Waals surface area contributed by atoms with Gasteiger partial charge in [0.05, 0.1) is 6.10 Å². The molecular weight excluding hydrogens is 364 g/mol. The normalized spacial score (nSPS) is 47.4. The molecule has 3 saturated carbocycles. The van der Waals surface area contributed by atoms with E-state index in [1.807, 2.05) is 5.57 Å². The van der Waals surface area contributed by atoms with Crippen LogP contribution in [0.5, 0.6) is 0 Å². The first-order chi connectivity index (χ1) is 14.1. The average Bonchev–Trinajstić information content (AvgIpc) is 3.06. The molecule has 0 spiro atoms. The molecule has 0 bridgehead atoms. The van der Waals surface area contributed by atoms with Crippen LogP contribution < -0.4 is 0 Å². The molecule has 1 N–H and O–H groups in total. The molecule has 3 fully saturated rings. The highest BCUT2D eigenvalue weighted by Crippen LogP contribution is 2.67. The second-order valence-corrected chi connectivity index (χ2v) is 12.7. The Kier molecular flexibility index (Phi) is 6.10. The number of allylic oxidation sites excluding steroid dienone is 4. The van der Waals surface area contributed by atoms with Crippen molar-refractivity contribution in [1.82, 2.24) is 0 Å². The van der Waals surface area contributed by atoms with Gasteiger partial charge in [0.2, 0.25) is 0 Å². The second kappa shape index (κ2) is 8.09. The number of fused-ring (bicyclic) bond motifs is 5. The quantitative estimate of drug-likeness (QED) is 0.467. The lowest BCUT2D eigenvalue weighted by Gasteiger charge is -2.59. The monoisotopic (exact) mass is 412 g/mol. The van der Waals surface area contributed by atoms with Crippen LogP contribution in [0, 0.1) is 52.3 Å². The van der Waals surface area contributed by atoms with Crippen molar-refractivity contribution in [3.63, 3.8) is 0 Å². The molecule has 9 atom stereocenters. The second-order valence-electron chi connectivity index (χ2n) is 12.7. The highest BCUT2D eigenvalue weighted by atomic mass is 16.3. The maximum atomic E-state index is 10.5. The smallest absolute Gasteiger partial charge is 0.0568 e. The van der Waals surface area contributed by atoms with E-state index in [9.17, 15) is 5.11 Å². The molecule has 0 aromatic rings. The molecule has 0 saturated heterocycles. The molecule has 0 aromatic carbocycles. The summed E-state index contributed by atoms with van der Waals surface area (Å²) in [7, 11) is 0. The fourth-order valence-corrected chi connectivity index (χ4v) is 8.69. The summed E-state index contributed by atoms with van der Waals surface area (Å²) in [5.41, 5.74) is 4.34. The zero-order valence-corrected chi connectivity index (χ0v) is 20.9. The van der Waals surface area contributed by atoms with E-state index in [2.05, 4.69) is 60.6 Å². The Morgan fingerprint density at radius 3 is 2.43 bits per heavy atom. The molecule has 4 rings (SSSR count). The van der Waals surface area contributed by atoms with Crippen LogP contribution in [0.25, 0.3) is 0 Å². The summed E-state index contributed by atoms with van der Waals surface area (Å²) in [6, 6.07) is 0. The van der Waals surface area contributed by atoms with E-state index in [0.717, 1.165) is 30.1 Å². The number of hydrogen-bond acceptors (Lipinski definition) is 1. The summed E-state index contributed by atoms with van der Waals surface area (Å²) in [4.78, 5) is 0. The molecule has 170 valence electrons. The Labute approximate surface area is 186 Å². The van der Waals surface area contributed by atoms with Crippen LogP contribution >= 0.6 is 0 Å². The molecule has 0 heterocycles. The van der Waals surface area contributed by atoms with Crippen molar-refractivity contribution in [2.45, 2.75) is 106 Å². The Morgan fingerprint density at radius 1 is 1.07 bits per heavy atom. The molecule has 1 heteroatoms. The standard InChI is InChI=1S/C29H48O/c1-18(2)19(3)8-9-20(4)23-12-13-25-22-10-11-24-21(5)27(30)15-17-29(24,7)26(22)14-16-28(23,25)6/h8,10,18,20-21,23-27,30H,9,11-17H2,1-7H3/t20-,21?,23-,24?,25+,26+,27?,28-,29+/m1/s1. The van der Waals surface area contributed by atoms with E-state index in [-0.39, 0.29) is 6.10 Å². The highest BCUT2D eigenvalue weighted by molar-refractivity contribution is 5.28. The van der Waals surface area contributed by atoms with Crippen molar-refractivity contribution < 1.29 is 5.11 Å². The van der Waals surface area contributed by atoms with Crippen LogP contribution in [0.3, 0.4) is 0 Å². The van der Waals surface area contributed by atoms with Gasteiger partial charge in [0, 0.05) is 0 Å². The predicted octanol–water partition coefficient (Wildman–Crippen LogP) is 7.80. The first-order valence-corrected chi connectivity index (χ1v) is 13.1. The van der Waals surface area contributed by atoms with Crippen LogP contribution in [-0.4, -0.2) is 11.2 Å². The van der Waals surface area contributed by atoms with E-state index < -0.39 is 0 Å². The summed E-state index contributed by atoms with van der Waals surface area (Å²) in [6.45, 7) is 17.1. The fourth-order valence-electron chi connectivity index (χ4n) is 8.69. The number of rotatable bonds is 4. The topological polar surface area (TPSA) is 20.2 Å². The van der Waals surface area contributed by atoms with E-state index in [1.165, 1.54) is 44.9 Å². The van der Waals surface area contributed by atoms with Gasteiger partial charge in [-0.15, -0.1) is 0 Å². The van der Waals surface area contributed by atoms with Gasteiger partial charge in [-0.3, -0.25) is 0 Å². The van der Waals surface area contributed by atoms with Gasteiger partial charge in [-0.25, -0.2) is 0 Å². The van der Waals surface area contributed by atoms with Gasteiger partial charge in [0.15, 0.2) is 0 Å². The Morgan fingerprint density at radius 2 is 1.73 bits per heavy atom. The van der Waals surface area contributed by atoms with Gasteiger partial charge >= 0.3 is 0 Å². The highest BCUT2D eigenvalue weighted by Gasteiger charge is 2.59. The molecule has 0 amide bonds. The van der Waals surface area contributed by atoms with Gasteiger partial charge in [-0.05, 0) is 111 Å². The third kappa shape index (κ3) is 3.46. The first-order valence-electron chi connectivity index (χ1n) is 13.1. The summed E-state index contributed by atoms with van der Waals surface area (Å²) < 4.78 is 0. The number of aliphatic hydroxyl groups is 1. The van der Waals surface area contributed by atoms with Crippen molar-refractivity contribution in [2.24, 2.45) is 52.3 Å². The largest absolute Gasteiger partial charge is 0.393 e. The molecule has 0 aliphatic heterocycles. The third-order valence-electron chi connectivity index (χ3n) is 11.1. The minimum atomic E-state index is -0.0778. The van der Waals surface area contributed by atoms with E-state index in [4.69, 9.17) is 0 Å². The summed E-state index contributed by atoms with van der Waals surface area (Å²) in [5.74, 6) is 5.08. The van der Waals surface area contributed by atoms with Gasteiger partial charge < -0.3 is 5.11 Å². The van der Waals surface area contributed by atoms with Crippen molar-refractivity contribution in [1.29, 1.82) is 0 Å². The zero-order valence-electron chi connectivity index (χ0n) is 20.9. The molecule has 4 aliphatic carbocycles. The Balaban J connectivity index is 1.55. The lowest BCUT2D eigenvalue weighted by atomic mass is 9.46. The maximum absolute atomic E-state index is 10.5. The number of aliphatic hydroxyl groups excluding tert-OH is 1. The maximum Gasteiger partial charge on any atom is 0.0568 e. The minimum Gasteiger partial charge on any atom is -0.393 e. The van der Waals surface area contributed by atoms with Crippen LogP contribution in [-0.2, 0) is 0 Å². The predicted molar refractivity (Wildman–Crippen MR) is 128 cm³/mol. The average molecular weight is 413 g/mol. The lowest BCUT2D eigenvalue weighted by molar-refractivity contribution is -0.0772. The fraction of sp³-hybridized carbons (Fsp3) is 0.862. The van der Waals surface area contributed by atoms with Crippen LogP contribution in [0.1, 0.15) is 99.8 Å². The first kappa shape index (κ1) is 22.6. The molecule has 4 aliphatic rings. The van der Waals surface area contributed by atoms with Crippen LogP contribution in [0.15, 0.2) is 23.3 Å². The van der Waals surface area contributed by atoms with Crippen LogP contribution in [0.2, 0.25) is 0 Å². The Bertz CT molecular complexity index is 701. The molecule has 0 radical (unpaired) electrons. The van der Waals surface area contributed by atoms with Gasteiger partial charge in [0.25, 0.3) is 0 Å². The van der Waals surface area contributed by atoms with E-state index in [1.54, 1.807) is 5.57 Å². The lowest BCUT2D eigenvalue weighted by Crippen LogP contribution is -2.52. The van der Waals surface area contributed by atoms with E-state index in [0.29, 0.717) is 28.6 Å². The molecular formula is C29H48O. The van der Waals surface area contributed by atoms with Gasteiger partial charge in [-0.2, -0.15) is 0 Å². The number of hydrogen-bond donors (Lipinski definition) is 1. The summed E-state index contributed by atoms with van der Waals surface area (Å²) in [6.07, 6.45) is 15.5. The zero-order chi connectivity index (χ0) is 21.8. The van der Waals surface area contributed by atoms with Crippen molar-refractivity contribution in [3.05, 3.63) is 23.3 Å². The van der Waals surface area contributed by atoms with Crippen LogP contribution in [0.4, 0.5) is 0 Å². The molecule has 3 unspecified atom stereocenters.